The van der Waals surface area contributed by atoms with Crippen LogP contribution in [0.25, 0.3) is 0 Å². The van der Waals surface area contributed by atoms with Gasteiger partial charge in [-0.25, -0.2) is 0 Å². The molecule has 0 aliphatic carbocycles. The number of hydrogen-bond donors (Lipinski definition) is 1. The van der Waals surface area contributed by atoms with Crippen LogP contribution in [0.2, 0.25) is 0 Å². The zero-order chi connectivity index (χ0) is 17.3. The highest BCUT2D eigenvalue weighted by molar-refractivity contribution is 5.30. The average molecular weight is 344 g/mol. The Morgan fingerprint density at radius 1 is 1.20 bits per heavy atom. The average Bonchev–Trinajstić information content (AvgIpc) is 2.69. The molecule has 3 rings (SSSR count). The summed E-state index contributed by atoms with van der Waals surface area (Å²) in [5, 5.41) is 3.43. The first-order chi connectivity index (χ1) is 12.4. The Balaban J connectivity index is 1.49. The molecular formula is C20H28N2O3. The molecule has 0 saturated carbocycles. The molecule has 136 valence electrons. The molecule has 1 aromatic carbocycles. The normalized spacial score (nSPS) is 24.4. The Bertz CT molecular complexity index is 573. The van der Waals surface area contributed by atoms with Gasteiger partial charge in [-0.2, -0.15) is 0 Å². The van der Waals surface area contributed by atoms with Crippen LogP contribution in [0.1, 0.15) is 17.9 Å². The van der Waals surface area contributed by atoms with Crippen molar-refractivity contribution in [3.63, 3.8) is 0 Å². The van der Waals surface area contributed by atoms with E-state index in [1.54, 1.807) is 7.11 Å². The number of ether oxygens (including phenoxy) is 3. The quantitative estimate of drug-likeness (QED) is 0.820. The van der Waals surface area contributed by atoms with Crippen LogP contribution in [-0.4, -0.2) is 70.7 Å². The first-order valence-corrected chi connectivity index (χ1v) is 9.09. The van der Waals surface area contributed by atoms with E-state index < -0.39 is 0 Å². The maximum absolute atomic E-state index is 6.09. The standard InChI is InChI=1S/C20H28N2O3/c1-23-18-6-4-17(5-7-18)19-8-9-21-16-20(19)25-13-3-2-10-22-11-14-24-15-12-22/h4-7,19-21H,8-16H2,1H3/t19?,20-/m1/s1. The number of nitrogens with one attached hydrogen (secondary N) is 1. The van der Waals surface area contributed by atoms with Crippen molar-refractivity contribution in [1.29, 1.82) is 0 Å². The summed E-state index contributed by atoms with van der Waals surface area (Å²) in [5.74, 6) is 7.69. The van der Waals surface area contributed by atoms with Crippen molar-refractivity contribution in [3.05, 3.63) is 29.8 Å². The van der Waals surface area contributed by atoms with Crippen molar-refractivity contribution < 1.29 is 14.2 Å². The third-order valence-corrected chi connectivity index (χ3v) is 4.87. The minimum atomic E-state index is 0.167. The zero-order valence-electron chi connectivity index (χ0n) is 15.0. The fraction of sp³-hybridized carbons (Fsp3) is 0.600. The smallest absolute Gasteiger partial charge is 0.118 e. The largest absolute Gasteiger partial charge is 0.497 e. The van der Waals surface area contributed by atoms with Crippen LogP contribution in [0, 0.1) is 11.8 Å². The summed E-state index contributed by atoms with van der Waals surface area (Å²) in [6, 6.07) is 8.34. The number of methoxy groups -OCH3 is 1. The number of morpholine rings is 1. The molecule has 1 unspecified atom stereocenters. The third-order valence-electron chi connectivity index (χ3n) is 4.87. The Morgan fingerprint density at radius 3 is 2.76 bits per heavy atom. The van der Waals surface area contributed by atoms with Gasteiger partial charge in [-0.15, -0.1) is 0 Å². The fourth-order valence-corrected chi connectivity index (χ4v) is 3.36. The third kappa shape index (κ3) is 5.45. The molecule has 0 amide bonds. The highest BCUT2D eigenvalue weighted by Gasteiger charge is 2.26. The van der Waals surface area contributed by atoms with Gasteiger partial charge in [-0.1, -0.05) is 24.0 Å². The van der Waals surface area contributed by atoms with Gasteiger partial charge in [-0.3, -0.25) is 4.90 Å². The summed E-state index contributed by atoms with van der Waals surface area (Å²) in [6.45, 7) is 6.77. The summed E-state index contributed by atoms with van der Waals surface area (Å²) in [5.41, 5.74) is 1.31. The predicted octanol–water partition coefficient (Wildman–Crippen LogP) is 1.49. The second-order valence-electron chi connectivity index (χ2n) is 6.46. The van der Waals surface area contributed by atoms with Gasteiger partial charge in [0.15, 0.2) is 0 Å². The van der Waals surface area contributed by atoms with Crippen LogP contribution < -0.4 is 10.1 Å². The van der Waals surface area contributed by atoms with Crippen molar-refractivity contribution in [1.82, 2.24) is 10.2 Å². The summed E-state index contributed by atoms with van der Waals surface area (Å²) < 4.78 is 16.7. The predicted molar refractivity (Wildman–Crippen MR) is 98.0 cm³/mol. The highest BCUT2D eigenvalue weighted by atomic mass is 16.5. The van der Waals surface area contributed by atoms with E-state index >= 15 is 0 Å². The molecule has 25 heavy (non-hydrogen) atoms. The van der Waals surface area contributed by atoms with Gasteiger partial charge in [0.1, 0.15) is 12.4 Å². The minimum Gasteiger partial charge on any atom is -0.497 e. The zero-order valence-corrected chi connectivity index (χ0v) is 15.0. The van der Waals surface area contributed by atoms with E-state index in [1.807, 2.05) is 12.1 Å². The van der Waals surface area contributed by atoms with Crippen LogP contribution in [0.15, 0.2) is 24.3 Å². The van der Waals surface area contributed by atoms with Gasteiger partial charge >= 0.3 is 0 Å². The maximum atomic E-state index is 6.09. The van der Waals surface area contributed by atoms with E-state index in [0.29, 0.717) is 12.5 Å². The van der Waals surface area contributed by atoms with Gasteiger partial charge in [0, 0.05) is 25.6 Å². The first-order valence-electron chi connectivity index (χ1n) is 9.09. The summed E-state index contributed by atoms with van der Waals surface area (Å²) in [6.07, 6.45) is 1.25. The Morgan fingerprint density at radius 2 is 2.00 bits per heavy atom. The highest BCUT2D eigenvalue weighted by Crippen LogP contribution is 2.28. The molecule has 2 heterocycles. The molecule has 5 heteroatoms. The summed E-state index contributed by atoms with van der Waals surface area (Å²) in [7, 11) is 1.70. The molecule has 0 spiro atoms. The van der Waals surface area contributed by atoms with Crippen LogP contribution in [0.4, 0.5) is 0 Å². The molecular weight excluding hydrogens is 316 g/mol. The summed E-state index contributed by atoms with van der Waals surface area (Å²) in [4.78, 5) is 2.32. The molecule has 1 N–H and O–H groups in total. The SMILES string of the molecule is COc1ccc(C2CCNC[C@H]2OCC#CCN2CCOCC2)cc1. The number of hydrogen-bond acceptors (Lipinski definition) is 5. The van der Waals surface area contributed by atoms with Gasteiger partial charge in [-0.05, 0) is 30.7 Å². The lowest BCUT2D eigenvalue weighted by atomic mass is 9.88. The van der Waals surface area contributed by atoms with E-state index in [1.165, 1.54) is 5.56 Å². The van der Waals surface area contributed by atoms with Crippen LogP contribution >= 0.6 is 0 Å². The van der Waals surface area contributed by atoms with Crippen molar-refractivity contribution in [3.8, 4) is 17.6 Å². The lowest BCUT2D eigenvalue weighted by Gasteiger charge is -2.32. The van der Waals surface area contributed by atoms with Gasteiger partial charge in [0.2, 0.25) is 0 Å². The van der Waals surface area contributed by atoms with Gasteiger partial charge in [0.25, 0.3) is 0 Å². The maximum Gasteiger partial charge on any atom is 0.118 e. The topological polar surface area (TPSA) is 43.0 Å². The monoisotopic (exact) mass is 344 g/mol. The first kappa shape index (κ1) is 18.2. The molecule has 2 aliphatic heterocycles. The molecule has 0 bridgehead atoms. The Labute approximate surface area is 150 Å². The van der Waals surface area contributed by atoms with E-state index in [4.69, 9.17) is 14.2 Å². The molecule has 2 fully saturated rings. The lowest BCUT2D eigenvalue weighted by molar-refractivity contribution is 0.0412. The number of rotatable bonds is 5. The molecule has 0 radical (unpaired) electrons. The van der Waals surface area contributed by atoms with Gasteiger partial charge in [0.05, 0.1) is 33.0 Å². The fourth-order valence-electron chi connectivity index (χ4n) is 3.36. The van der Waals surface area contributed by atoms with E-state index in [9.17, 15) is 0 Å². The second kappa shape index (κ2) is 9.79. The Hall–Kier alpha value is -1.58. The van der Waals surface area contributed by atoms with Crippen LogP contribution in [0.3, 0.4) is 0 Å². The van der Waals surface area contributed by atoms with Gasteiger partial charge < -0.3 is 19.5 Å². The lowest BCUT2D eigenvalue weighted by Crippen LogP contribution is -2.41. The molecule has 5 nitrogen and oxygen atoms in total. The molecule has 2 aliphatic rings. The molecule has 1 aromatic rings. The number of benzene rings is 1. The van der Waals surface area contributed by atoms with Crippen molar-refractivity contribution >= 4 is 0 Å². The summed E-state index contributed by atoms with van der Waals surface area (Å²) >= 11 is 0. The minimum absolute atomic E-state index is 0.167. The van der Waals surface area contributed by atoms with E-state index in [2.05, 4.69) is 34.2 Å². The molecule has 0 aromatic heterocycles. The second-order valence-corrected chi connectivity index (χ2v) is 6.46. The van der Waals surface area contributed by atoms with E-state index in [0.717, 1.165) is 58.1 Å². The number of piperidine rings is 1. The number of nitrogens with zero attached hydrogens (tertiary/aromatic N) is 1. The van der Waals surface area contributed by atoms with Crippen LogP contribution in [-0.2, 0) is 9.47 Å². The van der Waals surface area contributed by atoms with Crippen molar-refractivity contribution in [2.45, 2.75) is 18.4 Å². The van der Waals surface area contributed by atoms with Crippen molar-refractivity contribution in [2.75, 3.05) is 59.7 Å². The Kier molecular flexibility index (Phi) is 7.13. The molecule has 2 atom stereocenters. The molecule has 2 saturated heterocycles. The van der Waals surface area contributed by atoms with Crippen LogP contribution in [0.5, 0.6) is 5.75 Å². The van der Waals surface area contributed by atoms with Crippen molar-refractivity contribution in [2.24, 2.45) is 0 Å². The van der Waals surface area contributed by atoms with E-state index in [-0.39, 0.29) is 6.10 Å².